The van der Waals surface area contributed by atoms with Crippen LogP contribution in [-0.2, 0) is 6.61 Å². The predicted molar refractivity (Wildman–Crippen MR) is 102 cm³/mol. The zero-order valence-electron chi connectivity index (χ0n) is 14.5. The third kappa shape index (κ3) is 3.12. The van der Waals surface area contributed by atoms with Gasteiger partial charge < -0.3 is 26.0 Å². The maximum atomic E-state index is 12.3. The molecule has 0 atom stereocenters. The van der Waals surface area contributed by atoms with Crippen molar-refractivity contribution >= 4 is 17.8 Å². The van der Waals surface area contributed by atoms with Gasteiger partial charge >= 0.3 is 11.9 Å². The molecule has 0 saturated carbocycles. The molecule has 0 aliphatic rings. The number of pyridine rings is 1. The topological polar surface area (TPSA) is 154 Å². The highest BCUT2D eigenvalue weighted by atomic mass is 16.4. The number of nitrogens with one attached hydrogen (secondary N) is 1. The highest BCUT2D eigenvalue weighted by Gasteiger charge is 2.28. The predicted octanol–water partition coefficient (Wildman–Crippen LogP) is 2.18. The minimum absolute atomic E-state index is 0.205. The number of nitrogens with two attached hydrogens (primary N) is 1. The van der Waals surface area contributed by atoms with Gasteiger partial charge in [-0.05, 0) is 22.3 Å². The van der Waals surface area contributed by atoms with Gasteiger partial charge in [-0.25, -0.2) is 9.59 Å². The lowest BCUT2D eigenvalue weighted by atomic mass is 9.88. The van der Waals surface area contributed by atoms with Crippen molar-refractivity contribution in [2.45, 2.75) is 6.61 Å². The van der Waals surface area contributed by atoms with E-state index in [0.29, 0.717) is 16.7 Å². The first kappa shape index (κ1) is 18.9. The summed E-state index contributed by atoms with van der Waals surface area (Å²) in [5, 5.41) is 28.9. The number of benzene rings is 2. The second-order valence-electron chi connectivity index (χ2n) is 5.96. The molecule has 0 radical (unpaired) electrons. The lowest BCUT2D eigenvalue weighted by molar-refractivity contribution is 0.0695. The fourth-order valence-electron chi connectivity index (χ4n) is 3.17. The maximum absolute atomic E-state index is 12.3. The van der Waals surface area contributed by atoms with E-state index < -0.39 is 34.4 Å². The van der Waals surface area contributed by atoms with Gasteiger partial charge in [0.1, 0.15) is 16.9 Å². The minimum atomic E-state index is -1.58. The van der Waals surface area contributed by atoms with Gasteiger partial charge in [-0.15, -0.1) is 0 Å². The Bertz CT molecular complexity index is 1150. The summed E-state index contributed by atoms with van der Waals surface area (Å²) >= 11 is 0. The normalized spacial score (nSPS) is 10.6. The van der Waals surface area contributed by atoms with Crippen molar-refractivity contribution in [1.29, 1.82) is 0 Å². The van der Waals surface area contributed by atoms with Gasteiger partial charge in [0.05, 0.1) is 6.61 Å². The van der Waals surface area contributed by atoms with Crippen molar-refractivity contribution in [2.75, 3.05) is 5.73 Å². The van der Waals surface area contributed by atoms with E-state index in [1.165, 1.54) is 6.07 Å². The monoisotopic (exact) mass is 380 g/mol. The van der Waals surface area contributed by atoms with Gasteiger partial charge in [0, 0.05) is 5.56 Å². The van der Waals surface area contributed by atoms with E-state index in [1.807, 2.05) is 0 Å². The number of rotatable bonds is 5. The largest absolute Gasteiger partial charge is 0.478 e. The first-order valence-electron chi connectivity index (χ1n) is 8.17. The highest BCUT2D eigenvalue weighted by molar-refractivity contribution is 6.09. The number of nitrogen functional groups attached to an aromatic ring is 1. The Morgan fingerprint density at radius 1 is 0.857 bits per heavy atom. The lowest BCUT2D eigenvalue weighted by Gasteiger charge is -2.17. The molecule has 0 bridgehead atoms. The first-order chi connectivity index (χ1) is 13.4. The van der Waals surface area contributed by atoms with E-state index in [1.54, 1.807) is 42.5 Å². The molecule has 0 saturated heterocycles. The van der Waals surface area contributed by atoms with Crippen LogP contribution in [0.25, 0.3) is 22.3 Å². The van der Waals surface area contributed by atoms with Gasteiger partial charge in [-0.2, -0.15) is 0 Å². The average Bonchev–Trinajstić information content (AvgIpc) is 2.66. The fourth-order valence-corrected chi connectivity index (χ4v) is 3.17. The molecule has 1 heterocycles. The summed E-state index contributed by atoms with van der Waals surface area (Å²) in [7, 11) is 0. The Labute approximate surface area is 158 Å². The smallest absolute Gasteiger partial charge is 0.342 e. The zero-order valence-corrected chi connectivity index (χ0v) is 14.5. The van der Waals surface area contributed by atoms with Crippen LogP contribution >= 0.6 is 0 Å². The molecule has 8 heteroatoms. The van der Waals surface area contributed by atoms with Crippen LogP contribution in [0.2, 0.25) is 0 Å². The maximum Gasteiger partial charge on any atom is 0.342 e. The van der Waals surface area contributed by atoms with E-state index in [-0.39, 0.29) is 17.7 Å². The molecule has 6 N–H and O–H groups in total. The van der Waals surface area contributed by atoms with E-state index in [9.17, 15) is 29.7 Å². The van der Waals surface area contributed by atoms with Crippen molar-refractivity contribution in [1.82, 2.24) is 4.98 Å². The van der Waals surface area contributed by atoms with Crippen LogP contribution in [0.5, 0.6) is 0 Å². The Balaban J connectivity index is 2.49. The standard InChI is InChI=1S/C20H16N2O6/c21-17-15(19(25)26)14(16(20(27)28)18(24)22-17)13-8-4-3-7-12(13)11-6-2-1-5-10(11)9-23/h1-8,23H,9H2,(H,25,26)(H,27,28)(H3,21,22,24). The number of carboxylic acids is 2. The van der Waals surface area contributed by atoms with Crippen LogP contribution in [-0.4, -0.2) is 32.2 Å². The number of hydrogen-bond donors (Lipinski definition) is 5. The summed E-state index contributed by atoms with van der Waals surface area (Å²) in [6.07, 6.45) is 0. The van der Waals surface area contributed by atoms with E-state index in [2.05, 4.69) is 4.98 Å². The van der Waals surface area contributed by atoms with Crippen molar-refractivity contribution < 1.29 is 24.9 Å². The molecule has 28 heavy (non-hydrogen) atoms. The van der Waals surface area contributed by atoms with Gasteiger partial charge in [-0.1, -0.05) is 48.5 Å². The molecular weight excluding hydrogens is 364 g/mol. The number of aromatic amines is 1. The van der Waals surface area contributed by atoms with Crippen LogP contribution in [0.4, 0.5) is 5.82 Å². The van der Waals surface area contributed by atoms with Crippen LogP contribution in [0.1, 0.15) is 26.3 Å². The molecule has 0 aliphatic carbocycles. The third-order valence-corrected chi connectivity index (χ3v) is 4.35. The molecule has 8 nitrogen and oxygen atoms in total. The number of anilines is 1. The van der Waals surface area contributed by atoms with Crippen LogP contribution in [0, 0.1) is 0 Å². The zero-order chi connectivity index (χ0) is 20.4. The van der Waals surface area contributed by atoms with Crippen LogP contribution < -0.4 is 11.3 Å². The summed E-state index contributed by atoms with van der Waals surface area (Å²) in [4.78, 5) is 38.0. The van der Waals surface area contributed by atoms with E-state index >= 15 is 0 Å². The SMILES string of the molecule is Nc1[nH]c(=O)c(C(=O)O)c(-c2ccccc2-c2ccccc2CO)c1C(=O)O. The number of H-pyrrole nitrogens is 1. The number of aromatic nitrogens is 1. The molecule has 1 aromatic heterocycles. The molecule has 0 fully saturated rings. The van der Waals surface area contributed by atoms with Crippen molar-refractivity contribution in [3.63, 3.8) is 0 Å². The second-order valence-corrected chi connectivity index (χ2v) is 5.96. The fraction of sp³-hybridized carbons (Fsp3) is 0.0500. The van der Waals surface area contributed by atoms with E-state index in [4.69, 9.17) is 5.73 Å². The van der Waals surface area contributed by atoms with Gasteiger partial charge in [0.2, 0.25) is 0 Å². The molecule has 142 valence electrons. The molecule has 3 rings (SSSR count). The van der Waals surface area contributed by atoms with Gasteiger partial charge in [0.25, 0.3) is 5.56 Å². The quantitative estimate of drug-likeness (QED) is 0.454. The van der Waals surface area contributed by atoms with Gasteiger partial charge in [0.15, 0.2) is 0 Å². The Hall–Kier alpha value is -3.91. The summed E-state index contributed by atoms with van der Waals surface area (Å²) in [6.45, 7) is -0.278. The van der Waals surface area contributed by atoms with Crippen molar-refractivity contribution in [3.8, 4) is 22.3 Å². The summed E-state index contributed by atoms with van der Waals surface area (Å²) in [5.74, 6) is -3.50. The van der Waals surface area contributed by atoms with Gasteiger partial charge in [-0.3, -0.25) is 4.79 Å². The average molecular weight is 380 g/mol. The number of hydrogen-bond acceptors (Lipinski definition) is 5. The summed E-state index contributed by atoms with van der Waals surface area (Å²) < 4.78 is 0. The van der Waals surface area contributed by atoms with Crippen LogP contribution in [0.3, 0.4) is 0 Å². The lowest BCUT2D eigenvalue weighted by Crippen LogP contribution is -2.24. The second kappa shape index (κ2) is 7.37. The molecule has 3 aromatic rings. The molecule has 0 unspecified atom stereocenters. The summed E-state index contributed by atoms with van der Waals surface area (Å²) in [5.41, 5.74) is 4.98. The highest BCUT2D eigenvalue weighted by Crippen LogP contribution is 2.37. The Kier molecular flexibility index (Phi) is 4.97. The minimum Gasteiger partial charge on any atom is -0.478 e. The number of aromatic carboxylic acids is 2. The number of aliphatic hydroxyl groups is 1. The molecule has 0 spiro atoms. The Morgan fingerprint density at radius 2 is 1.39 bits per heavy atom. The van der Waals surface area contributed by atoms with Crippen molar-refractivity contribution in [3.05, 3.63) is 75.6 Å². The molecule has 0 aliphatic heterocycles. The Morgan fingerprint density at radius 3 is 1.96 bits per heavy atom. The molecular formula is C20H16N2O6. The first-order valence-corrected chi connectivity index (χ1v) is 8.17. The number of carboxylic acid groups (broad SMARTS) is 2. The number of carbonyl (C=O) groups is 2. The van der Waals surface area contributed by atoms with Crippen LogP contribution in [0.15, 0.2) is 53.3 Å². The summed E-state index contributed by atoms with van der Waals surface area (Å²) in [6, 6.07) is 13.3. The van der Waals surface area contributed by atoms with Crippen molar-refractivity contribution in [2.24, 2.45) is 0 Å². The molecule has 2 aromatic carbocycles. The molecule has 0 amide bonds. The van der Waals surface area contributed by atoms with E-state index in [0.717, 1.165) is 0 Å². The third-order valence-electron chi connectivity index (χ3n) is 4.35. The number of aliphatic hydroxyl groups excluding tert-OH is 1.